The molecule has 0 bridgehead atoms. The zero-order chi connectivity index (χ0) is 10.5. The molecule has 0 spiro atoms. The highest BCUT2D eigenvalue weighted by Gasteiger charge is 2.38. The molecule has 0 saturated carbocycles. The van der Waals surface area contributed by atoms with Crippen LogP contribution in [0.3, 0.4) is 0 Å². The molecule has 0 saturated heterocycles. The van der Waals surface area contributed by atoms with Crippen LogP contribution in [0, 0.1) is 11.6 Å². The highest BCUT2D eigenvalue weighted by atomic mass is 19.1. The predicted octanol–water partition coefficient (Wildman–Crippen LogP) is 2.68. The minimum atomic E-state index is -0.745. The summed E-state index contributed by atoms with van der Waals surface area (Å²) in [5, 5.41) is 9.63. The minimum absolute atomic E-state index is 0.396. The topological polar surface area (TPSA) is 20.2 Å². The first-order chi connectivity index (χ1) is 6.42. The second kappa shape index (κ2) is 2.76. The van der Waals surface area contributed by atoms with Crippen LogP contribution in [0.5, 0.6) is 0 Å². The number of hydrogen-bond acceptors (Lipinski definition) is 1. The maximum Gasteiger partial charge on any atom is 0.130 e. The van der Waals surface area contributed by atoms with Crippen molar-refractivity contribution in [3.8, 4) is 0 Å². The van der Waals surface area contributed by atoms with E-state index in [1.807, 2.05) is 13.8 Å². The van der Waals surface area contributed by atoms with Gasteiger partial charge in [-0.2, -0.15) is 0 Å². The number of aliphatic hydroxyl groups excluding tert-OH is 1. The van der Waals surface area contributed by atoms with Gasteiger partial charge in [0.15, 0.2) is 0 Å². The van der Waals surface area contributed by atoms with Crippen LogP contribution in [0.4, 0.5) is 8.78 Å². The van der Waals surface area contributed by atoms with Gasteiger partial charge in [0.25, 0.3) is 0 Å². The Balaban J connectivity index is 2.69. The van der Waals surface area contributed by atoms with Crippen molar-refractivity contribution >= 4 is 0 Å². The zero-order valence-electron chi connectivity index (χ0n) is 8.14. The smallest absolute Gasteiger partial charge is 0.130 e. The highest BCUT2D eigenvalue weighted by Crippen LogP contribution is 2.45. The Morgan fingerprint density at radius 1 is 1.36 bits per heavy atom. The van der Waals surface area contributed by atoms with E-state index in [0.717, 1.165) is 6.07 Å². The van der Waals surface area contributed by atoms with Crippen molar-refractivity contribution in [3.05, 3.63) is 34.9 Å². The van der Waals surface area contributed by atoms with Gasteiger partial charge in [0.2, 0.25) is 0 Å². The fourth-order valence-corrected chi connectivity index (χ4v) is 2.27. The van der Waals surface area contributed by atoms with Crippen LogP contribution in [0.15, 0.2) is 12.1 Å². The van der Waals surface area contributed by atoms with Crippen molar-refractivity contribution in [3.63, 3.8) is 0 Å². The van der Waals surface area contributed by atoms with Gasteiger partial charge in [0.1, 0.15) is 11.6 Å². The molecule has 76 valence electrons. The summed E-state index contributed by atoms with van der Waals surface area (Å²) in [4.78, 5) is 0. The molecular formula is C11H12F2O. The van der Waals surface area contributed by atoms with Gasteiger partial charge in [-0.25, -0.2) is 8.78 Å². The third-order valence-electron chi connectivity index (χ3n) is 2.82. The Morgan fingerprint density at radius 2 is 2.00 bits per heavy atom. The van der Waals surface area contributed by atoms with Crippen LogP contribution >= 0.6 is 0 Å². The van der Waals surface area contributed by atoms with E-state index in [9.17, 15) is 13.9 Å². The van der Waals surface area contributed by atoms with E-state index in [4.69, 9.17) is 0 Å². The van der Waals surface area contributed by atoms with Gasteiger partial charge >= 0.3 is 0 Å². The van der Waals surface area contributed by atoms with E-state index in [1.54, 1.807) is 0 Å². The third kappa shape index (κ3) is 1.23. The lowest BCUT2D eigenvalue weighted by Crippen LogP contribution is -2.14. The molecule has 0 radical (unpaired) electrons. The average molecular weight is 198 g/mol. The average Bonchev–Trinajstić information content (AvgIpc) is 2.21. The Bertz CT molecular complexity index is 385. The molecule has 0 aliphatic heterocycles. The Kier molecular flexibility index (Phi) is 1.89. The number of benzene rings is 1. The molecular weight excluding hydrogens is 186 g/mol. The Morgan fingerprint density at radius 3 is 2.64 bits per heavy atom. The molecule has 0 amide bonds. The predicted molar refractivity (Wildman–Crippen MR) is 49.0 cm³/mol. The first kappa shape index (κ1) is 9.59. The number of rotatable bonds is 0. The highest BCUT2D eigenvalue weighted by molar-refractivity contribution is 5.41. The van der Waals surface area contributed by atoms with Crippen LogP contribution in [-0.2, 0) is 5.41 Å². The van der Waals surface area contributed by atoms with Crippen LogP contribution in [0.25, 0.3) is 0 Å². The summed E-state index contributed by atoms with van der Waals surface area (Å²) in [5.41, 5.74) is 0.436. The van der Waals surface area contributed by atoms with Crippen LogP contribution in [0.1, 0.15) is 37.5 Å². The lowest BCUT2D eigenvalue weighted by atomic mass is 9.86. The number of halogens is 2. The SMILES string of the molecule is CC1(C)C[C@@H](O)c2cc(F)cc(F)c21. The van der Waals surface area contributed by atoms with Gasteiger partial charge < -0.3 is 5.11 Å². The van der Waals surface area contributed by atoms with Crippen LogP contribution in [0.2, 0.25) is 0 Å². The largest absolute Gasteiger partial charge is 0.388 e. The number of fused-ring (bicyclic) bond motifs is 1. The molecule has 0 heterocycles. The molecule has 1 atom stereocenters. The second-order valence-electron chi connectivity index (χ2n) is 4.46. The summed E-state index contributed by atoms with van der Waals surface area (Å²) in [7, 11) is 0. The lowest BCUT2D eigenvalue weighted by molar-refractivity contribution is 0.161. The standard InChI is InChI=1S/C11H12F2O/c1-11(2)5-9(14)7-3-6(12)4-8(13)10(7)11/h3-4,9,14H,5H2,1-2H3/t9-/m1/s1. The molecule has 3 heteroatoms. The summed E-state index contributed by atoms with van der Waals surface area (Å²) in [5.74, 6) is -1.18. The van der Waals surface area contributed by atoms with Crippen molar-refractivity contribution in [2.45, 2.75) is 31.8 Å². The molecule has 1 aromatic carbocycles. The van der Waals surface area contributed by atoms with Gasteiger partial charge in [-0.05, 0) is 29.0 Å². The monoisotopic (exact) mass is 198 g/mol. The molecule has 1 aromatic rings. The van der Waals surface area contributed by atoms with Crippen LogP contribution < -0.4 is 0 Å². The number of hydrogen-bond donors (Lipinski definition) is 1. The van der Waals surface area contributed by atoms with Crippen LogP contribution in [-0.4, -0.2) is 5.11 Å². The zero-order valence-corrected chi connectivity index (χ0v) is 8.14. The maximum atomic E-state index is 13.5. The molecule has 1 aliphatic carbocycles. The summed E-state index contributed by atoms with van der Waals surface area (Å²) >= 11 is 0. The summed E-state index contributed by atoms with van der Waals surface area (Å²) in [6, 6.07) is 2.09. The first-order valence-electron chi connectivity index (χ1n) is 4.59. The van der Waals surface area contributed by atoms with Gasteiger partial charge in [-0.1, -0.05) is 13.8 Å². The minimum Gasteiger partial charge on any atom is -0.388 e. The first-order valence-corrected chi connectivity index (χ1v) is 4.59. The van der Waals surface area contributed by atoms with E-state index in [0.29, 0.717) is 17.5 Å². The number of aliphatic hydroxyl groups is 1. The van der Waals surface area contributed by atoms with E-state index in [-0.39, 0.29) is 0 Å². The van der Waals surface area contributed by atoms with E-state index >= 15 is 0 Å². The van der Waals surface area contributed by atoms with Crippen molar-refractivity contribution in [1.82, 2.24) is 0 Å². The maximum absolute atomic E-state index is 13.5. The van der Waals surface area contributed by atoms with Crippen molar-refractivity contribution in [2.75, 3.05) is 0 Å². The van der Waals surface area contributed by atoms with Crippen molar-refractivity contribution in [1.29, 1.82) is 0 Å². The molecule has 14 heavy (non-hydrogen) atoms. The molecule has 1 nitrogen and oxygen atoms in total. The third-order valence-corrected chi connectivity index (χ3v) is 2.82. The van der Waals surface area contributed by atoms with Gasteiger partial charge in [0, 0.05) is 6.07 Å². The Hall–Kier alpha value is -0.960. The fourth-order valence-electron chi connectivity index (χ4n) is 2.27. The molecule has 0 unspecified atom stereocenters. The van der Waals surface area contributed by atoms with Crippen molar-refractivity contribution in [2.24, 2.45) is 0 Å². The molecule has 1 N–H and O–H groups in total. The summed E-state index contributed by atoms with van der Waals surface area (Å²) in [6.07, 6.45) is -0.298. The summed E-state index contributed by atoms with van der Waals surface area (Å²) in [6.45, 7) is 3.70. The summed E-state index contributed by atoms with van der Waals surface area (Å²) < 4.78 is 26.4. The van der Waals surface area contributed by atoms with Gasteiger partial charge in [-0.15, -0.1) is 0 Å². The molecule has 1 aliphatic rings. The Labute approximate surface area is 81.4 Å². The molecule has 0 aromatic heterocycles. The van der Waals surface area contributed by atoms with E-state index in [1.165, 1.54) is 6.07 Å². The van der Waals surface area contributed by atoms with E-state index < -0.39 is 23.2 Å². The van der Waals surface area contributed by atoms with Gasteiger partial charge in [0.05, 0.1) is 6.10 Å². The normalized spacial score (nSPS) is 23.6. The molecule has 2 rings (SSSR count). The lowest BCUT2D eigenvalue weighted by Gasteiger charge is -2.18. The second-order valence-corrected chi connectivity index (χ2v) is 4.46. The fraction of sp³-hybridized carbons (Fsp3) is 0.455. The molecule has 0 fully saturated rings. The quantitative estimate of drug-likeness (QED) is 0.679. The van der Waals surface area contributed by atoms with E-state index in [2.05, 4.69) is 0 Å². The van der Waals surface area contributed by atoms with Gasteiger partial charge in [-0.3, -0.25) is 0 Å². The van der Waals surface area contributed by atoms with Crippen molar-refractivity contribution < 1.29 is 13.9 Å².